The van der Waals surface area contributed by atoms with Gasteiger partial charge in [0.05, 0.1) is 11.4 Å². The zero-order chi connectivity index (χ0) is 15.9. The van der Waals surface area contributed by atoms with Crippen LogP contribution >= 0.6 is 15.9 Å². The van der Waals surface area contributed by atoms with Gasteiger partial charge in [-0.1, -0.05) is 0 Å². The molecule has 2 aromatic rings. The first kappa shape index (κ1) is 15.3. The third-order valence-corrected chi connectivity index (χ3v) is 4.46. The van der Waals surface area contributed by atoms with Crippen LogP contribution in [-0.4, -0.2) is 11.0 Å². The van der Waals surface area contributed by atoms with E-state index in [4.69, 9.17) is 0 Å². The zero-order valence-corrected chi connectivity index (χ0v) is 13.5. The van der Waals surface area contributed by atoms with Gasteiger partial charge in [0.25, 0.3) is 0 Å². The molecule has 0 fully saturated rings. The predicted octanol–water partition coefficient (Wildman–Crippen LogP) is 4.60. The van der Waals surface area contributed by atoms with Crippen LogP contribution in [0.15, 0.2) is 28.9 Å². The molecule has 0 N–H and O–H groups in total. The van der Waals surface area contributed by atoms with Crippen LogP contribution < -0.4 is 4.90 Å². The van der Waals surface area contributed by atoms with Crippen LogP contribution in [0.3, 0.4) is 0 Å². The number of halogens is 4. The fraction of sp³-hybridized carbons (Fsp3) is 0.312. The van der Waals surface area contributed by atoms with Crippen molar-refractivity contribution in [1.82, 2.24) is 4.98 Å². The number of hydrogen-bond acceptors (Lipinski definition) is 2. The summed E-state index contributed by atoms with van der Waals surface area (Å²) < 4.78 is 40.7. The number of aryl methyl sites for hydroxylation is 1. The predicted molar refractivity (Wildman–Crippen MR) is 82.2 cm³/mol. The monoisotopic (exact) mass is 370 g/mol. The van der Waals surface area contributed by atoms with E-state index in [0.717, 1.165) is 24.6 Å². The minimum absolute atomic E-state index is 0.140. The fourth-order valence-electron chi connectivity index (χ4n) is 2.80. The van der Waals surface area contributed by atoms with Gasteiger partial charge in [-0.2, -0.15) is 0 Å². The number of anilines is 1. The fourth-order valence-corrected chi connectivity index (χ4v) is 3.13. The summed E-state index contributed by atoms with van der Waals surface area (Å²) in [6, 6.07) is 5.01. The molecule has 6 heteroatoms. The minimum Gasteiger partial charge on any atom is -0.363 e. The molecule has 2 nitrogen and oxygen atoms in total. The van der Waals surface area contributed by atoms with Gasteiger partial charge in [-0.25, -0.2) is 18.2 Å². The second-order valence-electron chi connectivity index (χ2n) is 5.52. The number of rotatable bonds is 2. The summed E-state index contributed by atoms with van der Waals surface area (Å²) in [4.78, 5) is 6.17. The van der Waals surface area contributed by atoms with Crippen molar-refractivity contribution >= 4 is 21.6 Å². The lowest BCUT2D eigenvalue weighted by atomic mass is 10.00. The number of benzene rings is 1. The SMILES string of the molecule is CC1CCc2nc(Br)c(F)cc2N1Cc1cc(F)cc(F)c1. The lowest BCUT2D eigenvalue weighted by molar-refractivity contribution is 0.535. The quantitative estimate of drug-likeness (QED) is 0.718. The topological polar surface area (TPSA) is 16.1 Å². The van der Waals surface area contributed by atoms with E-state index in [0.29, 0.717) is 17.8 Å². The number of aromatic nitrogens is 1. The smallest absolute Gasteiger partial charge is 0.158 e. The van der Waals surface area contributed by atoms with Crippen LogP contribution in [-0.2, 0) is 13.0 Å². The number of fused-ring (bicyclic) bond motifs is 1. The second-order valence-corrected chi connectivity index (χ2v) is 6.27. The van der Waals surface area contributed by atoms with Crippen LogP contribution in [0.1, 0.15) is 24.6 Å². The van der Waals surface area contributed by atoms with Gasteiger partial charge in [0.1, 0.15) is 16.2 Å². The van der Waals surface area contributed by atoms with E-state index in [1.807, 2.05) is 11.8 Å². The molecule has 1 aliphatic rings. The number of nitrogens with zero attached hydrogens (tertiary/aromatic N) is 2. The van der Waals surface area contributed by atoms with Crippen molar-refractivity contribution in [3.63, 3.8) is 0 Å². The van der Waals surface area contributed by atoms with E-state index in [1.54, 1.807) is 0 Å². The molecule has 0 spiro atoms. The standard InChI is InChI=1S/C16H14BrF3N2/c1-9-2-3-14-15(7-13(20)16(17)21-14)22(9)8-10-4-11(18)6-12(19)5-10/h4-7,9H,2-3,8H2,1H3. The van der Waals surface area contributed by atoms with E-state index in [9.17, 15) is 13.2 Å². The summed E-state index contributed by atoms with van der Waals surface area (Å²) in [7, 11) is 0. The van der Waals surface area contributed by atoms with Crippen LogP contribution in [0, 0.1) is 17.5 Å². The average molecular weight is 371 g/mol. The van der Waals surface area contributed by atoms with Crippen LogP contribution in [0.25, 0.3) is 0 Å². The summed E-state index contributed by atoms with van der Waals surface area (Å²) in [5.74, 6) is -1.66. The summed E-state index contributed by atoms with van der Waals surface area (Å²) in [5.41, 5.74) is 1.99. The highest BCUT2D eigenvalue weighted by Crippen LogP contribution is 2.33. The molecule has 3 rings (SSSR count). The van der Waals surface area contributed by atoms with Gasteiger partial charge < -0.3 is 4.90 Å². The van der Waals surface area contributed by atoms with Gasteiger partial charge in [0.2, 0.25) is 0 Å². The Morgan fingerprint density at radius 2 is 1.86 bits per heavy atom. The number of pyridine rings is 1. The molecule has 1 aromatic carbocycles. The van der Waals surface area contributed by atoms with Gasteiger partial charge in [-0.3, -0.25) is 0 Å². The van der Waals surface area contributed by atoms with Gasteiger partial charge in [0, 0.05) is 24.7 Å². The Kier molecular flexibility index (Phi) is 4.12. The molecule has 2 heterocycles. The highest BCUT2D eigenvalue weighted by Gasteiger charge is 2.26. The molecule has 0 radical (unpaired) electrons. The molecule has 1 unspecified atom stereocenters. The van der Waals surface area contributed by atoms with Gasteiger partial charge in [-0.15, -0.1) is 0 Å². The Balaban J connectivity index is 1.98. The normalized spacial score (nSPS) is 17.5. The Labute approximate surface area is 135 Å². The summed E-state index contributed by atoms with van der Waals surface area (Å²) >= 11 is 3.09. The number of hydrogen-bond donors (Lipinski definition) is 0. The molecular weight excluding hydrogens is 357 g/mol. The van der Waals surface area contributed by atoms with Crippen molar-refractivity contribution in [3.8, 4) is 0 Å². The first-order valence-corrected chi connectivity index (χ1v) is 7.80. The molecule has 0 saturated heterocycles. The van der Waals surface area contributed by atoms with Crippen LogP contribution in [0.4, 0.5) is 18.9 Å². The molecular formula is C16H14BrF3N2. The molecule has 1 aliphatic heterocycles. The average Bonchev–Trinajstić information content (AvgIpc) is 2.43. The summed E-state index contributed by atoms with van der Waals surface area (Å²) in [5, 5.41) is 0. The molecule has 0 saturated carbocycles. The third-order valence-electron chi connectivity index (χ3n) is 3.90. The van der Waals surface area contributed by atoms with Crippen molar-refractivity contribution in [2.45, 2.75) is 32.4 Å². The highest BCUT2D eigenvalue weighted by atomic mass is 79.9. The van der Waals surface area contributed by atoms with E-state index >= 15 is 0 Å². The van der Waals surface area contributed by atoms with Gasteiger partial charge in [0.15, 0.2) is 5.82 Å². The van der Waals surface area contributed by atoms with Crippen molar-refractivity contribution in [2.24, 2.45) is 0 Å². The van der Waals surface area contributed by atoms with E-state index in [1.165, 1.54) is 18.2 Å². The van der Waals surface area contributed by atoms with E-state index < -0.39 is 17.5 Å². The molecule has 1 aromatic heterocycles. The van der Waals surface area contributed by atoms with Crippen molar-refractivity contribution in [3.05, 3.63) is 57.6 Å². The Morgan fingerprint density at radius 1 is 1.18 bits per heavy atom. The van der Waals surface area contributed by atoms with E-state index in [-0.39, 0.29) is 10.6 Å². The first-order chi connectivity index (χ1) is 10.4. The largest absolute Gasteiger partial charge is 0.363 e. The van der Waals surface area contributed by atoms with Crippen LogP contribution in [0.2, 0.25) is 0 Å². The molecule has 1 atom stereocenters. The third kappa shape index (κ3) is 2.97. The molecule has 116 valence electrons. The van der Waals surface area contributed by atoms with Gasteiger partial charge in [-0.05, 0) is 53.4 Å². The first-order valence-electron chi connectivity index (χ1n) is 7.00. The summed E-state index contributed by atoms with van der Waals surface area (Å²) in [6.45, 7) is 2.32. The molecule has 0 aliphatic carbocycles. The van der Waals surface area contributed by atoms with Crippen molar-refractivity contribution < 1.29 is 13.2 Å². The van der Waals surface area contributed by atoms with Crippen molar-refractivity contribution in [1.29, 1.82) is 0 Å². The second kappa shape index (κ2) is 5.91. The Morgan fingerprint density at radius 3 is 2.55 bits per heavy atom. The maximum absolute atomic E-state index is 13.8. The minimum atomic E-state index is -0.611. The lowest BCUT2D eigenvalue weighted by Crippen LogP contribution is -2.37. The molecule has 22 heavy (non-hydrogen) atoms. The zero-order valence-electron chi connectivity index (χ0n) is 11.9. The van der Waals surface area contributed by atoms with Crippen LogP contribution in [0.5, 0.6) is 0 Å². The maximum Gasteiger partial charge on any atom is 0.158 e. The Hall–Kier alpha value is -1.56. The molecule has 0 amide bonds. The maximum atomic E-state index is 13.8. The lowest BCUT2D eigenvalue weighted by Gasteiger charge is -2.36. The highest BCUT2D eigenvalue weighted by molar-refractivity contribution is 9.10. The Bertz CT molecular complexity index is 701. The molecule has 0 bridgehead atoms. The summed E-state index contributed by atoms with van der Waals surface area (Å²) in [6.07, 6.45) is 1.61. The van der Waals surface area contributed by atoms with E-state index in [2.05, 4.69) is 20.9 Å². The van der Waals surface area contributed by atoms with Gasteiger partial charge >= 0.3 is 0 Å². The van der Waals surface area contributed by atoms with Crippen molar-refractivity contribution in [2.75, 3.05) is 4.90 Å².